The molecule has 0 radical (unpaired) electrons. The van der Waals surface area contributed by atoms with Gasteiger partial charge in [-0.3, -0.25) is 9.78 Å². The number of aromatic nitrogens is 3. The van der Waals surface area contributed by atoms with Crippen LogP contribution in [0.4, 0.5) is 0 Å². The number of pyridine rings is 1. The van der Waals surface area contributed by atoms with Crippen LogP contribution in [0.25, 0.3) is 11.0 Å². The first-order valence-electron chi connectivity index (χ1n) is 12.0. The van der Waals surface area contributed by atoms with Crippen LogP contribution in [0.1, 0.15) is 45.6 Å². The van der Waals surface area contributed by atoms with Gasteiger partial charge < -0.3 is 9.88 Å². The second-order valence-electron chi connectivity index (χ2n) is 8.92. The molecule has 1 amide bonds. The molecule has 0 unspecified atom stereocenters. The quantitative estimate of drug-likeness (QED) is 0.249. The van der Waals surface area contributed by atoms with Crippen molar-refractivity contribution in [1.29, 1.82) is 0 Å². The van der Waals surface area contributed by atoms with Gasteiger partial charge in [0.05, 0.1) is 29.8 Å². The summed E-state index contributed by atoms with van der Waals surface area (Å²) < 4.78 is 2.20. The Morgan fingerprint density at radius 1 is 0.944 bits per heavy atom. The Bertz CT molecular complexity index is 1460. The fraction of sp³-hybridized carbons (Fsp3) is 0.167. The van der Waals surface area contributed by atoms with Gasteiger partial charge >= 0.3 is 0 Å². The molecule has 2 aromatic heterocycles. The average Bonchev–Trinajstić information content (AvgIpc) is 3.26. The van der Waals surface area contributed by atoms with Gasteiger partial charge in [-0.25, -0.2) is 4.98 Å². The Labute approximate surface area is 215 Å². The lowest BCUT2D eigenvalue weighted by Gasteiger charge is -2.14. The number of imidazole rings is 1. The molecule has 0 aliphatic heterocycles. The van der Waals surface area contributed by atoms with Gasteiger partial charge in [0.1, 0.15) is 0 Å². The van der Waals surface area contributed by atoms with Crippen LogP contribution in [0.15, 0.2) is 102 Å². The van der Waals surface area contributed by atoms with E-state index in [1.807, 2.05) is 73.8 Å². The Morgan fingerprint density at radius 2 is 1.67 bits per heavy atom. The highest BCUT2D eigenvalue weighted by Crippen LogP contribution is 2.27. The molecule has 5 nitrogen and oxygen atoms in total. The average molecular weight is 493 g/mol. The lowest BCUT2D eigenvalue weighted by Crippen LogP contribution is -2.26. The highest BCUT2D eigenvalue weighted by molar-refractivity contribution is 7.98. The van der Waals surface area contributed by atoms with Gasteiger partial charge in [0.15, 0.2) is 5.16 Å². The van der Waals surface area contributed by atoms with Crippen LogP contribution in [0, 0.1) is 6.92 Å². The number of hydrogen-bond donors (Lipinski definition) is 1. The first-order chi connectivity index (χ1) is 17.6. The first-order valence-corrected chi connectivity index (χ1v) is 13.0. The van der Waals surface area contributed by atoms with E-state index in [0.717, 1.165) is 33.1 Å². The molecule has 1 atom stereocenters. The fourth-order valence-corrected chi connectivity index (χ4v) is 5.06. The fourth-order valence-electron chi connectivity index (χ4n) is 4.09. The maximum absolute atomic E-state index is 12.8. The minimum atomic E-state index is -0.0791. The molecule has 0 saturated heterocycles. The number of hydrogen-bond acceptors (Lipinski definition) is 4. The van der Waals surface area contributed by atoms with E-state index >= 15 is 0 Å². The van der Waals surface area contributed by atoms with Crippen molar-refractivity contribution in [3.05, 3.63) is 125 Å². The number of rotatable bonds is 8. The predicted octanol–water partition coefficient (Wildman–Crippen LogP) is 6.57. The maximum atomic E-state index is 12.8. The zero-order chi connectivity index (χ0) is 24.9. The summed E-state index contributed by atoms with van der Waals surface area (Å²) >= 11 is 1.72. The van der Waals surface area contributed by atoms with Crippen LogP contribution < -0.4 is 5.32 Å². The Hall–Kier alpha value is -3.90. The molecular formula is C30H28N4OS. The highest BCUT2D eigenvalue weighted by atomic mass is 32.2. The number of aryl methyl sites for hydroxylation is 1. The molecule has 180 valence electrons. The molecule has 0 spiro atoms. The van der Waals surface area contributed by atoms with E-state index in [-0.39, 0.29) is 11.9 Å². The summed E-state index contributed by atoms with van der Waals surface area (Å²) in [7, 11) is 0. The minimum Gasteiger partial charge on any atom is -0.346 e. The molecule has 3 aromatic carbocycles. The van der Waals surface area contributed by atoms with Crippen molar-refractivity contribution in [1.82, 2.24) is 19.9 Å². The number of nitrogens with one attached hydrogen (secondary N) is 1. The summed E-state index contributed by atoms with van der Waals surface area (Å²) in [5.41, 5.74) is 7.29. The molecule has 36 heavy (non-hydrogen) atoms. The van der Waals surface area contributed by atoms with Crippen molar-refractivity contribution in [2.45, 2.75) is 37.3 Å². The molecule has 1 N–H and O–H groups in total. The molecule has 2 heterocycles. The number of benzene rings is 3. The molecule has 5 rings (SSSR count). The number of thioether (sulfide) groups is 1. The minimum absolute atomic E-state index is 0.0590. The van der Waals surface area contributed by atoms with E-state index < -0.39 is 0 Å². The van der Waals surface area contributed by atoms with Gasteiger partial charge in [-0.1, -0.05) is 84.1 Å². The normalized spacial score (nSPS) is 11.9. The van der Waals surface area contributed by atoms with Crippen LogP contribution in [-0.2, 0) is 12.3 Å². The third kappa shape index (κ3) is 5.50. The summed E-state index contributed by atoms with van der Waals surface area (Å²) in [6.07, 6.45) is 3.64. The van der Waals surface area contributed by atoms with Crippen LogP contribution in [-0.4, -0.2) is 20.4 Å². The summed E-state index contributed by atoms with van der Waals surface area (Å²) in [4.78, 5) is 22.0. The van der Waals surface area contributed by atoms with Crippen molar-refractivity contribution < 1.29 is 4.79 Å². The van der Waals surface area contributed by atoms with Crippen molar-refractivity contribution in [3.63, 3.8) is 0 Å². The van der Waals surface area contributed by atoms with Crippen LogP contribution in [0.2, 0.25) is 0 Å². The van der Waals surface area contributed by atoms with Gasteiger partial charge in [0.2, 0.25) is 0 Å². The molecule has 6 heteroatoms. The highest BCUT2D eigenvalue weighted by Gasteiger charge is 2.14. The van der Waals surface area contributed by atoms with Crippen molar-refractivity contribution >= 4 is 28.7 Å². The van der Waals surface area contributed by atoms with Gasteiger partial charge in [0.25, 0.3) is 5.91 Å². The number of fused-ring (bicyclic) bond motifs is 1. The van der Waals surface area contributed by atoms with Crippen molar-refractivity contribution in [3.8, 4) is 0 Å². The molecule has 0 aliphatic rings. The third-order valence-electron chi connectivity index (χ3n) is 6.21. The summed E-state index contributed by atoms with van der Waals surface area (Å²) in [6.45, 7) is 4.75. The molecular weight excluding hydrogens is 464 g/mol. The lowest BCUT2D eigenvalue weighted by molar-refractivity contribution is 0.0940. The smallest absolute Gasteiger partial charge is 0.251 e. The number of amides is 1. The summed E-state index contributed by atoms with van der Waals surface area (Å²) in [5, 5.41) is 4.04. The van der Waals surface area contributed by atoms with E-state index in [9.17, 15) is 4.79 Å². The monoisotopic (exact) mass is 492 g/mol. The number of carbonyl (C=O) groups is 1. The molecule has 0 bridgehead atoms. The van der Waals surface area contributed by atoms with Gasteiger partial charge in [-0.2, -0.15) is 0 Å². The van der Waals surface area contributed by atoms with Gasteiger partial charge in [-0.05, 0) is 48.7 Å². The zero-order valence-corrected chi connectivity index (χ0v) is 21.2. The van der Waals surface area contributed by atoms with Crippen LogP contribution >= 0.6 is 11.8 Å². The van der Waals surface area contributed by atoms with E-state index in [1.165, 1.54) is 11.1 Å². The molecule has 0 fully saturated rings. The lowest BCUT2D eigenvalue weighted by atomic mass is 10.1. The topological polar surface area (TPSA) is 59.8 Å². The second-order valence-corrected chi connectivity index (χ2v) is 9.86. The van der Waals surface area contributed by atoms with Crippen LogP contribution in [0.3, 0.4) is 0 Å². The zero-order valence-electron chi connectivity index (χ0n) is 20.4. The van der Waals surface area contributed by atoms with Gasteiger partial charge in [-0.15, -0.1) is 0 Å². The second kappa shape index (κ2) is 10.8. The standard InChI is InChI=1S/C30H28N4OS/c1-21-8-10-24(11-9-21)20-36-30-33-27-16-17-31-18-28(27)34(30)19-23-12-14-26(15-13-23)29(35)32-22(2)25-6-4-3-5-7-25/h3-18,22H,19-20H2,1-2H3,(H,32,35)/t22-/m1/s1. The maximum Gasteiger partial charge on any atom is 0.251 e. The number of carbonyl (C=O) groups excluding carboxylic acids is 1. The SMILES string of the molecule is Cc1ccc(CSc2nc3ccncc3n2Cc2ccc(C(=O)N[C@H](C)c3ccccc3)cc2)cc1. The number of nitrogens with zero attached hydrogens (tertiary/aromatic N) is 3. The van der Waals surface area contributed by atoms with E-state index in [0.29, 0.717) is 12.1 Å². The Balaban J connectivity index is 1.31. The van der Waals surface area contributed by atoms with E-state index in [4.69, 9.17) is 4.98 Å². The van der Waals surface area contributed by atoms with E-state index in [2.05, 4.69) is 46.1 Å². The third-order valence-corrected chi connectivity index (χ3v) is 7.26. The molecule has 0 saturated carbocycles. The largest absolute Gasteiger partial charge is 0.346 e. The predicted molar refractivity (Wildman–Crippen MR) is 146 cm³/mol. The van der Waals surface area contributed by atoms with Gasteiger partial charge in [0, 0.05) is 17.5 Å². The Morgan fingerprint density at radius 3 is 2.42 bits per heavy atom. The summed E-state index contributed by atoms with van der Waals surface area (Å²) in [5.74, 6) is 0.764. The van der Waals surface area contributed by atoms with Crippen molar-refractivity contribution in [2.24, 2.45) is 0 Å². The van der Waals surface area contributed by atoms with Crippen LogP contribution in [0.5, 0.6) is 0 Å². The Kier molecular flexibility index (Phi) is 7.14. The van der Waals surface area contributed by atoms with Crippen molar-refractivity contribution in [2.75, 3.05) is 0 Å². The molecule has 5 aromatic rings. The molecule has 0 aliphatic carbocycles. The van der Waals surface area contributed by atoms with E-state index in [1.54, 1.807) is 18.0 Å². The first kappa shape index (κ1) is 23.8. The summed E-state index contributed by atoms with van der Waals surface area (Å²) in [6, 6.07) is 28.3.